The minimum absolute atomic E-state index is 0.0776. The number of nitrogens with zero attached hydrogens (tertiary/aromatic N) is 1. The largest absolute Gasteiger partial charge is 0.350 e. The van der Waals surface area contributed by atoms with Crippen LogP contribution in [0.1, 0.15) is 27.7 Å². The number of nitrogens with one attached hydrogen (secondary N) is 1. The lowest BCUT2D eigenvalue weighted by molar-refractivity contribution is -0.122. The fraction of sp³-hybridized carbons (Fsp3) is 0.500. The normalized spacial score (nSPS) is 12.5. The molecule has 21 heavy (non-hydrogen) atoms. The van der Waals surface area contributed by atoms with Crippen LogP contribution in [0.3, 0.4) is 0 Å². The Morgan fingerprint density at radius 3 is 2.33 bits per heavy atom. The molecule has 1 N–H and O–H groups in total. The van der Waals surface area contributed by atoms with Crippen LogP contribution in [0, 0.1) is 5.82 Å². The topological polar surface area (TPSA) is 66.5 Å². The van der Waals surface area contributed by atoms with Crippen molar-refractivity contribution in [2.75, 3.05) is 13.1 Å². The number of likely N-dealkylation sites (N-methyl/N-ethyl adjacent to an activating group) is 1. The maximum absolute atomic E-state index is 13.7. The van der Waals surface area contributed by atoms with Crippen molar-refractivity contribution in [3.8, 4) is 0 Å². The van der Waals surface area contributed by atoms with E-state index in [2.05, 4.69) is 5.32 Å². The molecule has 1 aromatic rings. The molecular formula is C14H21FN2O3S. The van der Waals surface area contributed by atoms with E-state index in [0.29, 0.717) is 0 Å². The molecule has 1 aromatic carbocycles. The van der Waals surface area contributed by atoms with Gasteiger partial charge in [0.2, 0.25) is 15.9 Å². The maximum Gasteiger partial charge on any atom is 0.246 e. The molecule has 1 amide bonds. The first-order chi connectivity index (χ1) is 9.58. The number of halogens is 1. The van der Waals surface area contributed by atoms with Crippen molar-refractivity contribution in [1.82, 2.24) is 9.62 Å². The van der Waals surface area contributed by atoms with Crippen LogP contribution in [0.25, 0.3) is 0 Å². The van der Waals surface area contributed by atoms with E-state index < -0.39 is 32.2 Å². The summed E-state index contributed by atoms with van der Waals surface area (Å²) in [6.07, 6.45) is 0. The quantitative estimate of drug-likeness (QED) is 0.900. The highest BCUT2D eigenvalue weighted by Gasteiger charge is 2.28. The molecule has 0 aliphatic heterocycles. The highest BCUT2D eigenvalue weighted by Crippen LogP contribution is 2.18. The SMILES string of the molecule is CCN(CC(=O)NC(C)(C)C)S(=O)(=O)c1ccccc1F. The molecule has 0 fully saturated rings. The zero-order valence-electron chi connectivity index (χ0n) is 12.7. The molecule has 0 saturated carbocycles. The van der Waals surface area contributed by atoms with Gasteiger partial charge >= 0.3 is 0 Å². The van der Waals surface area contributed by atoms with Gasteiger partial charge in [0.15, 0.2) is 0 Å². The summed E-state index contributed by atoms with van der Waals surface area (Å²) in [7, 11) is -4.03. The lowest BCUT2D eigenvalue weighted by Gasteiger charge is -2.24. The standard InChI is InChI=1S/C14H21FN2O3S/c1-5-17(10-13(18)16-14(2,3)4)21(19,20)12-9-7-6-8-11(12)15/h6-9H,5,10H2,1-4H3,(H,16,18). The minimum Gasteiger partial charge on any atom is -0.350 e. The number of amides is 1. The Kier molecular flexibility index (Phi) is 5.47. The Morgan fingerprint density at radius 1 is 1.29 bits per heavy atom. The molecule has 0 bridgehead atoms. The van der Waals surface area contributed by atoms with Crippen molar-refractivity contribution in [2.45, 2.75) is 38.1 Å². The average molecular weight is 316 g/mol. The number of carbonyl (C=O) groups is 1. The van der Waals surface area contributed by atoms with E-state index in [9.17, 15) is 17.6 Å². The summed E-state index contributed by atoms with van der Waals surface area (Å²) in [6.45, 7) is 6.73. The van der Waals surface area contributed by atoms with Gasteiger partial charge in [-0.3, -0.25) is 4.79 Å². The zero-order chi connectivity index (χ0) is 16.3. The molecule has 0 aromatic heterocycles. The zero-order valence-corrected chi connectivity index (χ0v) is 13.5. The monoisotopic (exact) mass is 316 g/mol. The minimum atomic E-state index is -4.03. The second-order valence-electron chi connectivity index (χ2n) is 5.66. The summed E-state index contributed by atoms with van der Waals surface area (Å²) in [5, 5.41) is 2.68. The summed E-state index contributed by atoms with van der Waals surface area (Å²) in [6, 6.07) is 5.13. The summed E-state index contributed by atoms with van der Waals surface area (Å²) in [5.41, 5.74) is -0.460. The fourth-order valence-electron chi connectivity index (χ4n) is 1.78. The fourth-order valence-corrected chi connectivity index (χ4v) is 3.25. The van der Waals surface area contributed by atoms with Crippen LogP contribution >= 0.6 is 0 Å². The predicted molar refractivity (Wildman–Crippen MR) is 78.7 cm³/mol. The van der Waals surface area contributed by atoms with Crippen molar-refractivity contribution in [3.05, 3.63) is 30.1 Å². The van der Waals surface area contributed by atoms with Gasteiger partial charge < -0.3 is 5.32 Å². The van der Waals surface area contributed by atoms with Crippen molar-refractivity contribution >= 4 is 15.9 Å². The molecule has 7 heteroatoms. The molecule has 0 spiro atoms. The van der Waals surface area contributed by atoms with Crippen LogP contribution < -0.4 is 5.32 Å². The molecule has 0 saturated heterocycles. The predicted octanol–water partition coefficient (Wildman–Crippen LogP) is 1.75. The average Bonchev–Trinajstić information content (AvgIpc) is 2.33. The number of hydrogen-bond acceptors (Lipinski definition) is 3. The van der Waals surface area contributed by atoms with Gasteiger partial charge in [-0.2, -0.15) is 4.31 Å². The van der Waals surface area contributed by atoms with Crippen LogP contribution in [0.15, 0.2) is 29.2 Å². The molecule has 0 unspecified atom stereocenters. The van der Waals surface area contributed by atoms with Gasteiger partial charge in [0.05, 0.1) is 6.54 Å². The molecule has 0 aliphatic rings. The summed E-state index contributed by atoms with van der Waals surface area (Å²) < 4.78 is 39.4. The van der Waals surface area contributed by atoms with Crippen LogP contribution in [0.5, 0.6) is 0 Å². The Balaban J connectivity index is 2.99. The smallest absolute Gasteiger partial charge is 0.246 e. The van der Waals surface area contributed by atoms with Crippen molar-refractivity contribution in [2.24, 2.45) is 0 Å². The molecule has 0 atom stereocenters. The first-order valence-electron chi connectivity index (χ1n) is 6.63. The van der Waals surface area contributed by atoms with Crippen LogP contribution in [0.2, 0.25) is 0 Å². The molecule has 0 heterocycles. The lowest BCUT2D eigenvalue weighted by atomic mass is 10.1. The molecule has 118 valence electrons. The van der Waals surface area contributed by atoms with E-state index in [4.69, 9.17) is 0 Å². The van der Waals surface area contributed by atoms with E-state index in [-0.39, 0.29) is 13.1 Å². The molecular weight excluding hydrogens is 295 g/mol. The van der Waals surface area contributed by atoms with Gasteiger partial charge in [-0.1, -0.05) is 19.1 Å². The van der Waals surface area contributed by atoms with Crippen LogP contribution in [0.4, 0.5) is 4.39 Å². The first kappa shape index (κ1) is 17.6. The van der Waals surface area contributed by atoms with Gasteiger partial charge in [0.1, 0.15) is 10.7 Å². The highest BCUT2D eigenvalue weighted by molar-refractivity contribution is 7.89. The summed E-state index contributed by atoms with van der Waals surface area (Å²) >= 11 is 0. The molecule has 0 aliphatic carbocycles. The van der Waals surface area contributed by atoms with Crippen molar-refractivity contribution < 1.29 is 17.6 Å². The Bertz CT molecular complexity index is 609. The maximum atomic E-state index is 13.7. The highest BCUT2D eigenvalue weighted by atomic mass is 32.2. The van der Waals surface area contributed by atoms with E-state index in [1.54, 1.807) is 27.7 Å². The second kappa shape index (κ2) is 6.53. The number of hydrogen-bond donors (Lipinski definition) is 1. The summed E-state index contributed by atoms with van der Waals surface area (Å²) in [5.74, 6) is -1.25. The van der Waals surface area contributed by atoms with E-state index >= 15 is 0 Å². The number of carbonyl (C=O) groups excluding carboxylic acids is 1. The van der Waals surface area contributed by atoms with Gasteiger partial charge in [-0.25, -0.2) is 12.8 Å². The Morgan fingerprint density at radius 2 is 1.86 bits per heavy atom. The molecule has 5 nitrogen and oxygen atoms in total. The van der Waals surface area contributed by atoms with Gasteiger partial charge in [0, 0.05) is 12.1 Å². The van der Waals surface area contributed by atoms with Crippen LogP contribution in [-0.2, 0) is 14.8 Å². The molecule has 0 radical (unpaired) electrons. The number of sulfonamides is 1. The summed E-state index contributed by atoms with van der Waals surface area (Å²) in [4.78, 5) is 11.5. The van der Waals surface area contributed by atoms with Crippen molar-refractivity contribution in [1.29, 1.82) is 0 Å². The van der Waals surface area contributed by atoms with E-state index in [1.165, 1.54) is 18.2 Å². The second-order valence-corrected chi connectivity index (χ2v) is 7.57. The molecule has 1 rings (SSSR count). The number of rotatable bonds is 5. The van der Waals surface area contributed by atoms with Crippen molar-refractivity contribution in [3.63, 3.8) is 0 Å². The third-order valence-corrected chi connectivity index (χ3v) is 4.60. The lowest BCUT2D eigenvalue weighted by Crippen LogP contribution is -2.47. The van der Waals surface area contributed by atoms with Crippen LogP contribution in [-0.4, -0.2) is 37.3 Å². The van der Waals surface area contributed by atoms with E-state index in [0.717, 1.165) is 10.4 Å². The van der Waals surface area contributed by atoms with Gasteiger partial charge in [-0.05, 0) is 32.9 Å². The number of benzene rings is 1. The van der Waals surface area contributed by atoms with E-state index in [1.807, 2.05) is 0 Å². The Labute approximate surface area is 125 Å². The third kappa shape index (κ3) is 4.78. The third-order valence-electron chi connectivity index (χ3n) is 2.64. The Hall–Kier alpha value is -1.47. The van der Waals surface area contributed by atoms with Gasteiger partial charge in [0.25, 0.3) is 0 Å². The van der Waals surface area contributed by atoms with Gasteiger partial charge in [-0.15, -0.1) is 0 Å². The first-order valence-corrected chi connectivity index (χ1v) is 8.07.